The van der Waals surface area contributed by atoms with Crippen molar-refractivity contribution in [2.45, 2.75) is 38.2 Å². The molecule has 0 bridgehead atoms. The van der Waals surface area contributed by atoms with Crippen LogP contribution in [-0.2, 0) is 10.2 Å². The Morgan fingerprint density at radius 1 is 1.29 bits per heavy atom. The van der Waals surface area contributed by atoms with Crippen LogP contribution in [0, 0.1) is 0 Å². The summed E-state index contributed by atoms with van der Waals surface area (Å²) in [6.07, 6.45) is 0.487. The van der Waals surface area contributed by atoms with Crippen molar-refractivity contribution in [3.05, 3.63) is 35.9 Å². The summed E-state index contributed by atoms with van der Waals surface area (Å²) < 4.78 is 0. The Bertz CT molecular complexity index is 386. The highest BCUT2D eigenvalue weighted by atomic mass is 35.5. The summed E-state index contributed by atoms with van der Waals surface area (Å²) in [6.45, 7) is 5.31. The minimum absolute atomic E-state index is 0.0957. The number of hydrogen-bond acceptors (Lipinski definition) is 2. The molecule has 0 saturated carbocycles. The van der Waals surface area contributed by atoms with E-state index >= 15 is 0 Å². The quantitative estimate of drug-likeness (QED) is 0.821. The molecule has 17 heavy (non-hydrogen) atoms. The van der Waals surface area contributed by atoms with E-state index in [2.05, 4.69) is 0 Å². The molecule has 0 radical (unpaired) electrons. The summed E-state index contributed by atoms with van der Waals surface area (Å²) in [5.74, 6) is -0.251. The first-order chi connectivity index (χ1) is 7.90. The van der Waals surface area contributed by atoms with Crippen molar-refractivity contribution in [3.8, 4) is 0 Å². The molecule has 0 fully saturated rings. The zero-order valence-corrected chi connectivity index (χ0v) is 11.3. The minimum atomic E-state index is -1.11. The van der Waals surface area contributed by atoms with Gasteiger partial charge in [0.1, 0.15) is 0 Å². The maximum absolute atomic E-state index is 12.1. The fourth-order valence-corrected chi connectivity index (χ4v) is 2.30. The lowest BCUT2D eigenvalue weighted by Crippen LogP contribution is -2.53. The Morgan fingerprint density at radius 3 is 2.24 bits per heavy atom. The van der Waals surface area contributed by atoms with Crippen molar-refractivity contribution in [1.29, 1.82) is 0 Å². The number of benzene rings is 1. The Morgan fingerprint density at radius 2 is 1.82 bits per heavy atom. The van der Waals surface area contributed by atoms with Gasteiger partial charge in [-0.25, -0.2) is 0 Å². The third kappa shape index (κ3) is 2.38. The van der Waals surface area contributed by atoms with E-state index in [1.165, 1.54) is 0 Å². The average Bonchev–Trinajstić information content (AvgIpc) is 2.37. The maximum Gasteiger partial charge on any atom is 0.160 e. The van der Waals surface area contributed by atoms with Crippen LogP contribution in [0.1, 0.15) is 32.8 Å². The predicted molar refractivity (Wildman–Crippen MR) is 70.4 cm³/mol. The second kappa shape index (κ2) is 5.19. The van der Waals surface area contributed by atoms with Crippen LogP contribution in [0.15, 0.2) is 30.3 Å². The number of Topliss-reactive ketones (excluding diaryl/α,β-unsaturated/α-hetero) is 1. The first-order valence-electron chi connectivity index (χ1n) is 5.77. The lowest BCUT2D eigenvalue weighted by atomic mass is 9.66. The summed E-state index contributed by atoms with van der Waals surface area (Å²) in [5.41, 5.74) is -1.28. The van der Waals surface area contributed by atoms with E-state index in [9.17, 15) is 9.90 Å². The number of alkyl halides is 1. The van der Waals surface area contributed by atoms with E-state index in [0.29, 0.717) is 6.42 Å². The summed E-state index contributed by atoms with van der Waals surface area (Å²) in [4.78, 5) is 12.1. The molecule has 94 valence electrons. The minimum Gasteiger partial charge on any atom is -0.389 e. The number of aliphatic hydroxyl groups is 1. The van der Waals surface area contributed by atoms with Crippen LogP contribution in [0.4, 0.5) is 0 Å². The molecule has 0 saturated heterocycles. The van der Waals surface area contributed by atoms with Crippen molar-refractivity contribution in [3.63, 3.8) is 0 Å². The van der Waals surface area contributed by atoms with Gasteiger partial charge in [0, 0.05) is 0 Å². The van der Waals surface area contributed by atoms with Crippen LogP contribution >= 0.6 is 11.6 Å². The molecule has 1 rings (SSSR count). The second-order valence-corrected chi connectivity index (χ2v) is 4.94. The van der Waals surface area contributed by atoms with Gasteiger partial charge in [-0.2, -0.15) is 0 Å². The number of rotatable bonds is 5. The van der Waals surface area contributed by atoms with Gasteiger partial charge in [-0.3, -0.25) is 4.79 Å². The molecule has 0 amide bonds. The van der Waals surface area contributed by atoms with Crippen LogP contribution in [0.25, 0.3) is 0 Å². The normalized spacial score (nSPS) is 18.2. The number of halogens is 1. The van der Waals surface area contributed by atoms with Crippen LogP contribution in [0.5, 0.6) is 0 Å². The van der Waals surface area contributed by atoms with Crippen molar-refractivity contribution >= 4 is 17.4 Å². The SMILES string of the molecule is CCC(C)(O)C(C)(C(=O)CCl)c1ccccc1. The molecule has 0 spiro atoms. The fraction of sp³-hybridized carbons (Fsp3) is 0.500. The largest absolute Gasteiger partial charge is 0.389 e. The van der Waals surface area contributed by atoms with Gasteiger partial charge in [-0.05, 0) is 25.8 Å². The van der Waals surface area contributed by atoms with E-state index in [1.807, 2.05) is 37.3 Å². The third-order valence-corrected chi connectivity index (χ3v) is 4.04. The molecule has 3 heteroatoms. The van der Waals surface area contributed by atoms with E-state index in [4.69, 9.17) is 11.6 Å². The second-order valence-electron chi connectivity index (χ2n) is 4.68. The topological polar surface area (TPSA) is 37.3 Å². The van der Waals surface area contributed by atoms with Crippen molar-refractivity contribution in [2.75, 3.05) is 5.88 Å². The standard InChI is InChI=1S/C14H19ClO2/c1-4-13(2,17)14(3,12(16)10-15)11-8-6-5-7-9-11/h5-9,17H,4,10H2,1-3H3. The zero-order chi connectivity index (χ0) is 13.1. The summed E-state index contributed by atoms with van der Waals surface area (Å²) in [5, 5.41) is 10.5. The molecule has 2 unspecified atom stereocenters. The molecule has 1 N–H and O–H groups in total. The van der Waals surface area contributed by atoms with Gasteiger partial charge < -0.3 is 5.11 Å². The summed E-state index contributed by atoms with van der Waals surface area (Å²) in [6, 6.07) is 9.32. The van der Waals surface area contributed by atoms with Crippen molar-refractivity contribution < 1.29 is 9.90 Å². The number of hydrogen-bond donors (Lipinski definition) is 1. The smallest absolute Gasteiger partial charge is 0.160 e. The number of carbonyl (C=O) groups excluding carboxylic acids is 1. The fourth-order valence-electron chi connectivity index (χ4n) is 2.03. The highest BCUT2D eigenvalue weighted by molar-refractivity contribution is 6.29. The molecule has 2 nitrogen and oxygen atoms in total. The summed E-state index contributed by atoms with van der Waals surface area (Å²) >= 11 is 5.69. The molecule has 0 heterocycles. The molecule has 0 aliphatic carbocycles. The molecule has 2 atom stereocenters. The molecule has 1 aromatic rings. The van der Waals surface area contributed by atoms with E-state index in [0.717, 1.165) is 5.56 Å². The Labute approximate surface area is 108 Å². The lowest BCUT2D eigenvalue weighted by molar-refractivity contribution is -0.132. The first-order valence-corrected chi connectivity index (χ1v) is 6.30. The van der Waals surface area contributed by atoms with Gasteiger partial charge in [-0.15, -0.1) is 11.6 Å². The van der Waals surface area contributed by atoms with E-state index in [-0.39, 0.29) is 11.7 Å². The third-order valence-electron chi connectivity index (χ3n) is 3.80. The monoisotopic (exact) mass is 254 g/mol. The van der Waals surface area contributed by atoms with Gasteiger partial charge in [0.2, 0.25) is 0 Å². The molecular formula is C14H19ClO2. The average molecular weight is 255 g/mol. The van der Waals surface area contributed by atoms with Gasteiger partial charge in [0.25, 0.3) is 0 Å². The van der Waals surface area contributed by atoms with Crippen LogP contribution in [-0.4, -0.2) is 22.4 Å². The molecular weight excluding hydrogens is 236 g/mol. The predicted octanol–water partition coefficient (Wildman–Crippen LogP) is 2.91. The first kappa shape index (κ1) is 14.2. The van der Waals surface area contributed by atoms with E-state index < -0.39 is 11.0 Å². The van der Waals surface area contributed by atoms with Gasteiger partial charge in [0.05, 0.1) is 16.9 Å². The number of ketones is 1. The van der Waals surface area contributed by atoms with Crippen LogP contribution in [0.3, 0.4) is 0 Å². The van der Waals surface area contributed by atoms with Gasteiger partial charge in [0.15, 0.2) is 5.78 Å². The van der Waals surface area contributed by atoms with Crippen LogP contribution < -0.4 is 0 Å². The highest BCUT2D eigenvalue weighted by Gasteiger charge is 2.48. The Balaban J connectivity index is 3.35. The van der Waals surface area contributed by atoms with Gasteiger partial charge in [-0.1, -0.05) is 37.3 Å². The molecule has 0 aliphatic heterocycles. The highest BCUT2D eigenvalue weighted by Crippen LogP contribution is 2.38. The number of carbonyl (C=O) groups is 1. The van der Waals surface area contributed by atoms with Gasteiger partial charge >= 0.3 is 0 Å². The molecule has 1 aromatic carbocycles. The molecule has 0 aliphatic rings. The Hall–Kier alpha value is -0.860. The van der Waals surface area contributed by atoms with Crippen molar-refractivity contribution in [1.82, 2.24) is 0 Å². The molecule has 0 aromatic heterocycles. The van der Waals surface area contributed by atoms with E-state index in [1.54, 1.807) is 13.8 Å². The lowest BCUT2D eigenvalue weighted by Gasteiger charge is -2.41. The van der Waals surface area contributed by atoms with Crippen molar-refractivity contribution in [2.24, 2.45) is 0 Å². The summed E-state index contributed by atoms with van der Waals surface area (Å²) in [7, 11) is 0. The van der Waals surface area contributed by atoms with Crippen LogP contribution in [0.2, 0.25) is 0 Å². The zero-order valence-electron chi connectivity index (χ0n) is 10.5. The maximum atomic E-state index is 12.1. The Kier molecular flexibility index (Phi) is 4.34.